The second kappa shape index (κ2) is 4.29. The SMILES string of the molecule is Cc1ccc(-c2ccc(CCC3(N)CC3)o2)cc1. The van der Waals surface area contributed by atoms with Gasteiger partial charge in [0.25, 0.3) is 0 Å². The molecule has 0 unspecified atom stereocenters. The Kier molecular flexibility index (Phi) is 2.75. The van der Waals surface area contributed by atoms with Crippen molar-refractivity contribution < 1.29 is 4.42 Å². The van der Waals surface area contributed by atoms with Gasteiger partial charge in [-0.3, -0.25) is 0 Å². The maximum Gasteiger partial charge on any atom is 0.134 e. The summed E-state index contributed by atoms with van der Waals surface area (Å²) in [5.74, 6) is 1.99. The van der Waals surface area contributed by atoms with Gasteiger partial charge in [0.15, 0.2) is 0 Å². The van der Waals surface area contributed by atoms with E-state index in [9.17, 15) is 0 Å². The van der Waals surface area contributed by atoms with E-state index in [4.69, 9.17) is 10.2 Å². The molecule has 0 saturated heterocycles. The van der Waals surface area contributed by atoms with Crippen molar-refractivity contribution in [3.8, 4) is 11.3 Å². The van der Waals surface area contributed by atoms with Crippen LogP contribution in [0.1, 0.15) is 30.6 Å². The average molecular weight is 241 g/mol. The molecule has 1 fully saturated rings. The molecule has 0 amide bonds. The van der Waals surface area contributed by atoms with Crippen molar-refractivity contribution in [3.63, 3.8) is 0 Å². The first-order chi connectivity index (χ1) is 8.65. The number of rotatable bonds is 4. The fourth-order valence-electron chi connectivity index (χ4n) is 2.17. The van der Waals surface area contributed by atoms with Crippen LogP contribution < -0.4 is 5.73 Å². The summed E-state index contributed by atoms with van der Waals surface area (Å²) in [7, 11) is 0. The smallest absolute Gasteiger partial charge is 0.134 e. The summed E-state index contributed by atoms with van der Waals surface area (Å²) in [6.45, 7) is 2.09. The van der Waals surface area contributed by atoms with Crippen molar-refractivity contribution in [1.82, 2.24) is 0 Å². The number of benzene rings is 1. The highest BCUT2D eigenvalue weighted by atomic mass is 16.3. The minimum absolute atomic E-state index is 0.108. The van der Waals surface area contributed by atoms with E-state index in [1.54, 1.807) is 0 Å². The third-order valence-electron chi connectivity index (χ3n) is 3.76. The molecule has 1 aromatic heterocycles. The molecule has 2 aromatic rings. The van der Waals surface area contributed by atoms with Crippen molar-refractivity contribution in [2.75, 3.05) is 0 Å². The quantitative estimate of drug-likeness (QED) is 0.886. The van der Waals surface area contributed by atoms with Crippen LogP contribution in [-0.4, -0.2) is 5.54 Å². The molecule has 18 heavy (non-hydrogen) atoms. The molecule has 0 atom stereocenters. The summed E-state index contributed by atoms with van der Waals surface area (Å²) in [5, 5.41) is 0. The Morgan fingerprint density at radius 2 is 1.83 bits per heavy atom. The number of nitrogens with two attached hydrogens (primary N) is 1. The maximum absolute atomic E-state index is 6.09. The molecule has 0 spiro atoms. The van der Waals surface area contributed by atoms with Crippen molar-refractivity contribution in [3.05, 3.63) is 47.7 Å². The molecule has 1 heterocycles. The Balaban J connectivity index is 1.70. The lowest BCUT2D eigenvalue weighted by molar-refractivity contribution is 0.490. The highest BCUT2D eigenvalue weighted by molar-refractivity contribution is 5.57. The van der Waals surface area contributed by atoms with Crippen LogP contribution in [0.2, 0.25) is 0 Å². The van der Waals surface area contributed by atoms with E-state index in [-0.39, 0.29) is 5.54 Å². The first kappa shape index (κ1) is 11.5. The molecule has 0 bridgehead atoms. The van der Waals surface area contributed by atoms with Crippen LogP contribution in [0.4, 0.5) is 0 Å². The summed E-state index contributed by atoms with van der Waals surface area (Å²) < 4.78 is 5.88. The fourth-order valence-corrected chi connectivity index (χ4v) is 2.17. The molecule has 2 heteroatoms. The Labute approximate surface area is 108 Å². The molecular weight excluding hydrogens is 222 g/mol. The van der Waals surface area contributed by atoms with E-state index in [0.717, 1.165) is 29.9 Å². The van der Waals surface area contributed by atoms with Gasteiger partial charge in [0.2, 0.25) is 0 Å². The third-order valence-corrected chi connectivity index (χ3v) is 3.76. The lowest BCUT2D eigenvalue weighted by Crippen LogP contribution is -2.21. The van der Waals surface area contributed by atoms with E-state index in [2.05, 4.69) is 43.3 Å². The van der Waals surface area contributed by atoms with Crippen LogP contribution in [0, 0.1) is 6.92 Å². The lowest BCUT2D eigenvalue weighted by Gasteiger charge is -2.05. The molecule has 2 N–H and O–H groups in total. The van der Waals surface area contributed by atoms with E-state index in [0.29, 0.717) is 0 Å². The van der Waals surface area contributed by atoms with Gasteiger partial charge < -0.3 is 10.2 Å². The van der Waals surface area contributed by atoms with Gasteiger partial charge in [-0.05, 0) is 38.3 Å². The van der Waals surface area contributed by atoms with E-state index in [1.165, 1.54) is 18.4 Å². The molecular formula is C16H19NO. The van der Waals surface area contributed by atoms with Gasteiger partial charge in [-0.25, -0.2) is 0 Å². The summed E-state index contributed by atoms with van der Waals surface area (Å²) in [6.07, 6.45) is 4.31. The highest BCUT2D eigenvalue weighted by Crippen LogP contribution is 2.37. The largest absolute Gasteiger partial charge is 0.461 e. The molecule has 0 radical (unpaired) electrons. The van der Waals surface area contributed by atoms with E-state index >= 15 is 0 Å². The maximum atomic E-state index is 6.09. The number of aryl methyl sites for hydroxylation is 2. The second-order valence-corrected chi connectivity index (χ2v) is 5.49. The Morgan fingerprint density at radius 1 is 1.11 bits per heavy atom. The summed E-state index contributed by atoms with van der Waals surface area (Å²) in [4.78, 5) is 0. The Hall–Kier alpha value is -1.54. The monoisotopic (exact) mass is 241 g/mol. The highest BCUT2D eigenvalue weighted by Gasteiger charge is 2.37. The summed E-state index contributed by atoms with van der Waals surface area (Å²) in [5.41, 5.74) is 8.60. The number of hydrogen-bond donors (Lipinski definition) is 1. The number of hydrogen-bond acceptors (Lipinski definition) is 2. The van der Waals surface area contributed by atoms with Crippen LogP contribution in [-0.2, 0) is 6.42 Å². The van der Waals surface area contributed by atoms with Crippen LogP contribution in [0.3, 0.4) is 0 Å². The van der Waals surface area contributed by atoms with Gasteiger partial charge >= 0.3 is 0 Å². The Morgan fingerprint density at radius 3 is 2.50 bits per heavy atom. The van der Waals surface area contributed by atoms with Crippen LogP contribution >= 0.6 is 0 Å². The van der Waals surface area contributed by atoms with Gasteiger partial charge in [-0.2, -0.15) is 0 Å². The minimum atomic E-state index is 0.108. The van der Waals surface area contributed by atoms with Crippen molar-refractivity contribution in [2.24, 2.45) is 5.73 Å². The molecule has 3 rings (SSSR count). The zero-order chi connectivity index (χ0) is 12.6. The molecule has 1 aliphatic carbocycles. The number of furan rings is 1. The topological polar surface area (TPSA) is 39.2 Å². The summed E-state index contributed by atoms with van der Waals surface area (Å²) in [6, 6.07) is 12.5. The standard InChI is InChI=1S/C16H19NO/c1-12-2-4-13(5-3-12)15-7-6-14(18-15)8-9-16(17)10-11-16/h2-7H,8-11,17H2,1H3. The predicted octanol–water partition coefficient (Wildman–Crippen LogP) is 3.68. The first-order valence-electron chi connectivity index (χ1n) is 6.59. The minimum Gasteiger partial charge on any atom is -0.461 e. The van der Waals surface area contributed by atoms with Gasteiger partial charge in [0, 0.05) is 17.5 Å². The van der Waals surface area contributed by atoms with Gasteiger partial charge in [0.1, 0.15) is 11.5 Å². The lowest BCUT2D eigenvalue weighted by atomic mass is 10.1. The van der Waals surface area contributed by atoms with E-state index in [1.807, 2.05) is 0 Å². The van der Waals surface area contributed by atoms with Crippen LogP contribution in [0.25, 0.3) is 11.3 Å². The van der Waals surface area contributed by atoms with Crippen molar-refractivity contribution >= 4 is 0 Å². The van der Waals surface area contributed by atoms with Gasteiger partial charge in [-0.15, -0.1) is 0 Å². The van der Waals surface area contributed by atoms with Gasteiger partial charge in [0.05, 0.1) is 0 Å². The van der Waals surface area contributed by atoms with Crippen LogP contribution in [0.15, 0.2) is 40.8 Å². The molecule has 1 aromatic carbocycles. The van der Waals surface area contributed by atoms with Crippen molar-refractivity contribution in [1.29, 1.82) is 0 Å². The second-order valence-electron chi connectivity index (χ2n) is 5.49. The third kappa shape index (κ3) is 2.49. The van der Waals surface area contributed by atoms with Crippen molar-refractivity contribution in [2.45, 2.75) is 38.1 Å². The fraction of sp³-hybridized carbons (Fsp3) is 0.375. The molecule has 2 nitrogen and oxygen atoms in total. The molecule has 94 valence electrons. The van der Waals surface area contributed by atoms with Gasteiger partial charge in [-0.1, -0.05) is 29.8 Å². The summed E-state index contributed by atoms with van der Waals surface area (Å²) >= 11 is 0. The zero-order valence-corrected chi connectivity index (χ0v) is 10.8. The van der Waals surface area contributed by atoms with E-state index < -0.39 is 0 Å². The normalized spacial score (nSPS) is 16.8. The van der Waals surface area contributed by atoms with Crippen LogP contribution in [0.5, 0.6) is 0 Å². The molecule has 1 aliphatic rings. The predicted molar refractivity (Wildman–Crippen MR) is 73.4 cm³/mol. The zero-order valence-electron chi connectivity index (χ0n) is 10.8. The Bertz CT molecular complexity index is 534. The molecule has 1 saturated carbocycles. The molecule has 0 aliphatic heterocycles. The first-order valence-corrected chi connectivity index (χ1v) is 6.59. The average Bonchev–Trinajstić information content (AvgIpc) is 2.92.